The monoisotopic (exact) mass is 274 g/mol. The molecule has 7 nitrogen and oxygen atoms in total. The number of aliphatic hydroxyl groups is 1. The Kier molecular flexibility index (Phi) is 5.56. The number of likely N-dealkylation sites (N-methyl/N-ethyl adjacent to an activating group) is 1. The van der Waals surface area contributed by atoms with Gasteiger partial charge in [-0.3, -0.25) is 4.79 Å². The third-order valence-corrected chi connectivity index (χ3v) is 3.53. The zero-order valence-electron chi connectivity index (χ0n) is 11.4. The Morgan fingerprint density at radius 3 is 2.53 bits per heavy atom. The maximum Gasteiger partial charge on any atom is 0.317 e. The zero-order chi connectivity index (χ0) is 14.5. The van der Waals surface area contributed by atoms with Gasteiger partial charge in [0.15, 0.2) is 0 Å². The average Bonchev–Trinajstić information content (AvgIpc) is 2.26. The molecule has 7 heteroatoms. The van der Waals surface area contributed by atoms with Gasteiger partial charge in [-0.05, 0) is 12.8 Å². The van der Waals surface area contributed by atoms with Crippen LogP contribution in [0.2, 0.25) is 0 Å². The van der Waals surface area contributed by atoms with Crippen LogP contribution in [0.3, 0.4) is 0 Å². The van der Waals surface area contributed by atoms with E-state index in [2.05, 4.69) is 5.32 Å². The maximum absolute atomic E-state index is 11.8. The van der Waals surface area contributed by atoms with Crippen LogP contribution >= 0.6 is 0 Å². The highest BCUT2D eigenvalue weighted by Gasteiger charge is 2.44. The summed E-state index contributed by atoms with van der Waals surface area (Å²) in [4.78, 5) is 24.2. The van der Waals surface area contributed by atoms with Crippen LogP contribution in [0.5, 0.6) is 0 Å². The summed E-state index contributed by atoms with van der Waals surface area (Å²) in [6.07, 6.45) is 1.32. The maximum atomic E-state index is 11.8. The number of nitrogens with one attached hydrogen (secondary N) is 1. The van der Waals surface area contributed by atoms with Gasteiger partial charge in [0, 0.05) is 20.7 Å². The van der Waals surface area contributed by atoms with E-state index in [1.165, 1.54) is 12.0 Å². The van der Waals surface area contributed by atoms with Crippen LogP contribution in [-0.2, 0) is 9.53 Å². The Hall–Kier alpha value is -1.34. The summed E-state index contributed by atoms with van der Waals surface area (Å²) in [5.41, 5.74) is -0.804. The van der Waals surface area contributed by atoms with E-state index in [-0.39, 0.29) is 25.7 Å². The molecule has 3 N–H and O–H groups in total. The first-order valence-corrected chi connectivity index (χ1v) is 6.30. The molecule has 0 radical (unpaired) electrons. The molecule has 1 saturated carbocycles. The van der Waals surface area contributed by atoms with Crippen LogP contribution in [0, 0.1) is 5.41 Å². The molecule has 0 saturated heterocycles. The van der Waals surface area contributed by atoms with E-state index in [1.54, 1.807) is 7.05 Å². The SMILES string of the molecule is COCC(O)CN(C)C(=O)NCC1(C(=O)O)CCC1. The van der Waals surface area contributed by atoms with Gasteiger partial charge >= 0.3 is 12.0 Å². The lowest BCUT2D eigenvalue weighted by atomic mass is 9.69. The number of nitrogens with zero attached hydrogens (tertiary/aromatic N) is 1. The van der Waals surface area contributed by atoms with E-state index in [4.69, 9.17) is 9.84 Å². The minimum atomic E-state index is -0.860. The Labute approximate surface area is 112 Å². The van der Waals surface area contributed by atoms with Crippen molar-refractivity contribution in [3.8, 4) is 0 Å². The lowest BCUT2D eigenvalue weighted by molar-refractivity contribution is -0.153. The molecule has 1 aliphatic carbocycles. The first kappa shape index (κ1) is 15.7. The predicted molar refractivity (Wildman–Crippen MR) is 67.8 cm³/mol. The van der Waals surface area contributed by atoms with Crippen molar-refractivity contribution in [1.29, 1.82) is 0 Å². The number of aliphatic carboxylic acids is 1. The number of carbonyl (C=O) groups is 2. The quantitative estimate of drug-likeness (QED) is 0.601. The van der Waals surface area contributed by atoms with Crippen molar-refractivity contribution in [1.82, 2.24) is 10.2 Å². The molecule has 1 rings (SSSR count). The van der Waals surface area contributed by atoms with Crippen LogP contribution in [0.4, 0.5) is 4.79 Å². The number of methoxy groups -OCH3 is 1. The smallest absolute Gasteiger partial charge is 0.317 e. The molecule has 0 aliphatic heterocycles. The minimum Gasteiger partial charge on any atom is -0.481 e. The van der Waals surface area contributed by atoms with Crippen LogP contribution in [0.15, 0.2) is 0 Å². The number of hydrogen-bond acceptors (Lipinski definition) is 4. The second-order valence-corrected chi connectivity index (χ2v) is 5.09. The number of rotatable bonds is 7. The second-order valence-electron chi connectivity index (χ2n) is 5.09. The predicted octanol–water partition coefficient (Wildman–Crippen LogP) is -0.110. The molecule has 1 unspecified atom stereocenters. The molecule has 110 valence electrons. The summed E-state index contributed by atoms with van der Waals surface area (Å²) in [7, 11) is 3.01. The Morgan fingerprint density at radius 2 is 2.11 bits per heavy atom. The van der Waals surface area contributed by atoms with E-state index in [0.717, 1.165) is 6.42 Å². The van der Waals surface area contributed by atoms with E-state index >= 15 is 0 Å². The molecule has 0 aromatic rings. The zero-order valence-corrected chi connectivity index (χ0v) is 11.4. The van der Waals surface area contributed by atoms with Crippen molar-refractivity contribution in [2.24, 2.45) is 5.41 Å². The molecule has 0 bridgehead atoms. The molecule has 1 aliphatic rings. The number of carboxylic acids is 1. The lowest BCUT2D eigenvalue weighted by Crippen LogP contribution is -2.51. The van der Waals surface area contributed by atoms with Crippen molar-refractivity contribution in [3.05, 3.63) is 0 Å². The summed E-state index contributed by atoms with van der Waals surface area (Å²) in [6.45, 7) is 0.419. The highest BCUT2D eigenvalue weighted by atomic mass is 16.5. The van der Waals surface area contributed by atoms with Gasteiger partial charge in [0.1, 0.15) is 0 Å². The number of urea groups is 1. The largest absolute Gasteiger partial charge is 0.481 e. The topological polar surface area (TPSA) is 99.1 Å². The molecule has 0 aromatic carbocycles. The third-order valence-electron chi connectivity index (χ3n) is 3.53. The van der Waals surface area contributed by atoms with Gasteiger partial charge in [-0.1, -0.05) is 6.42 Å². The summed E-state index contributed by atoms with van der Waals surface area (Å²) in [6, 6.07) is -0.386. The molecular weight excluding hydrogens is 252 g/mol. The summed E-state index contributed by atoms with van der Waals surface area (Å²) in [5.74, 6) is -0.860. The Bertz CT molecular complexity index is 330. The van der Waals surface area contributed by atoms with Crippen LogP contribution in [-0.4, -0.2) is 67.1 Å². The number of ether oxygens (including phenoxy) is 1. The van der Waals surface area contributed by atoms with Gasteiger partial charge in [0.2, 0.25) is 0 Å². The van der Waals surface area contributed by atoms with Crippen molar-refractivity contribution in [2.45, 2.75) is 25.4 Å². The van der Waals surface area contributed by atoms with Gasteiger partial charge in [-0.15, -0.1) is 0 Å². The van der Waals surface area contributed by atoms with Gasteiger partial charge in [-0.25, -0.2) is 4.79 Å². The fourth-order valence-corrected chi connectivity index (χ4v) is 2.09. The van der Waals surface area contributed by atoms with E-state index in [0.29, 0.717) is 12.8 Å². The van der Waals surface area contributed by atoms with Crippen LogP contribution in [0.25, 0.3) is 0 Å². The minimum absolute atomic E-state index is 0.131. The summed E-state index contributed by atoms with van der Waals surface area (Å²) < 4.78 is 4.77. The molecule has 1 fully saturated rings. The second kappa shape index (κ2) is 6.72. The third kappa shape index (κ3) is 4.07. The molecule has 19 heavy (non-hydrogen) atoms. The first-order valence-electron chi connectivity index (χ1n) is 6.30. The van der Waals surface area contributed by atoms with Gasteiger partial charge in [0.25, 0.3) is 0 Å². The Morgan fingerprint density at radius 1 is 1.47 bits per heavy atom. The number of hydrogen-bond donors (Lipinski definition) is 3. The highest BCUT2D eigenvalue weighted by molar-refractivity contribution is 5.78. The van der Waals surface area contributed by atoms with Gasteiger partial charge < -0.3 is 25.2 Å². The van der Waals surface area contributed by atoms with Crippen molar-refractivity contribution in [3.63, 3.8) is 0 Å². The number of aliphatic hydroxyl groups excluding tert-OH is 1. The number of amides is 2. The average molecular weight is 274 g/mol. The van der Waals surface area contributed by atoms with Crippen LogP contribution < -0.4 is 5.32 Å². The highest BCUT2D eigenvalue weighted by Crippen LogP contribution is 2.40. The van der Waals surface area contributed by atoms with E-state index < -0.39 is 17.5 Å². The summed E-state index contributed by atoms with van der Waals surface area (Å²) >= 11 is 0. The molecule has 1 atom stereocenters. The van der Waals surface area contributed by atoms with Crippen molar-refractivity contribution in [2.75, 3.05) is 33.9 Å². The van der Waals surface area contributed by atoms with Gasteiger partial charge in [0.05, 0.1) is 24.7 Å². The van der Waals surface area contributed by atoms with Crippen molar-refractivity contribution < 1.29 is 24.5 Å². The lowest BCUT2D eigenvalue weighted by Gasteiger charge is -2.38. The molecule has 0 heterocycles. The normalized spacial score (nSPS) is 18.3. The standard InChI is InChI=1S/C12H22N2O5/c1-14(6-9(15)7-19-2)11(18)13-8-12(10(16)17)4-3-5-12/h9,15H,3-8H2,1-2H3,(H,13,18)(H,16,17). The first-order chi connectivity index (χ1) is 8.91. The fourth-order valence-electron chi connectivity index (χ4n) is 2.09. The molecule has 2 amide bonds. The fraction of sp³-hybridized carbons (Fsp3) is 0.833. The molecular formula is C12H22N2O5. The number of carboxylic acid groups (broad SMARTS) is 1. The Balaban J connectivity index is 2.36. The summed E-state index contributed by atoms with van der Waals surface area (Å²) in [5, 5.41) is 21.2. The van der Waals surface area contributed by atoms with E-state index in [1.807, 2.05) is 0 Å². The molecule has 0 aromatic heterocycles. The van der Waals surface area contributed by atoms with E-state index in [9.17, 15) is 14.7 Å². The number of carbonyl (C=O) groups excluding carboxylic acids is 1. The van der Waals surface area contributed by atoms with Crippen LogP contribution in [0.1, 0.15) is 19.3 Å². The van der Waals surface area contributed by atoms with Crippen molar-refractivity contribution >= 4 is 12.0 Å². The van der Waals surface area contributed by atoms with Gasteiger partial charge in [-0.2, -0.15) is 0 Å². The molecule has 0 spiro atoms.